The van der Waals surface area contributed by atoms with Crippen LogP contribution in [-0.4, -0.2) is 33.0 Å². The molecule has 5 heteroatoms. The summed E-state index contributed by atoms with van der Waals surface area (Å²) >= 11 is 1.90. The second-order valence-electron chi connectivity index (χ2n) is 3.40. The van der Waals surface area contributed by atoms with Crippen LogP contribution in [0.1, 0.15) is 19.0 Å². The molecular formula is C9H18N4S. The topological polar surface area (TPSA) is 42.7 Å². The summed E-state index contributed by atoms with van der Waals surface area (Å²) in [5, 5.41) is 11.9. The normalized spacial score (nSPS) is 13.1. The summed E-state index contributed by atoms with van der Waals surface area (Å²) in [6.07, 6.45) is 5.28. The monoisotopic (exact) mass is 214 g/mol. The number of aryl methyl sites for hydroxylation is 1. The molecule has 1 atom stereocenters. The fraction of sp³-hybridized carbons (Fsp3) is 0.778. The Balaban J connectivity index is 2.10. The molecule has 0 fully saturated rings. The molecule has 0 spiro atoms. The van der Waals surface area contributed by atoms with E-state index in [0.717, 1.165) is 24.0 Å². The Kier molecular flexibility index (Phi) is 4.97. The van der Waals surface area contributed by atoms with Crippen LogP contribution < -0.4 is 5.32 Å². The van der Waals surface area contributed by atoms with Crippen molar-refractivity contribution in [2.45, 2.75) is 25.1 Å². The van der Waals surface area contributed by atoms with Gasteiger partial charge in [-0.2, -0.15) is 11.8 Å². The van der Waals surface area contributed by atoms with Crippen LogP contribution in [0.25, 0.3) is 0 Å². The largest absolute Gasteiger partial charge is 0.311 e. The van der Waals surface area contributed by atoms with Crippen molar-refractivity contribution >= 4 is 11.8 Å². The molecule has 0 bridgehead atoms. The van der Waals surface area contributed by atoms with Crippen LogP contribution in [0.3, 0.4) is 0 Å². The average molecular weight is 214 g/mol. The maximum atomic E-state index is 4.00. The van der Waals surface area contributed by atoms with E-state index in [-0.39, 0.29) is 0 Å². The minimum absolute atomic E-state index is 0.726. The lowest BCUT2D eigenvalue weighted by atomic mass is 10.3. The van der Waals surface area contributed by atoms with Crippen LogP contribution in [-0.2, 0) is 13.6 Å². The smallest absolute Gasteiger partial charge is 0.0964 e. The first-order valence-electron chi connectivity index (χ1n) is 4.81. The highest BCUT2D eigenvalue weighted by Gasteiger charge is 2.00. The van der Waals surface area contributed by atoms with Gasteiger partial charge in [0.15, 0.2) is 0 Å². The third-order valence-corrected chi connectivity index (χ3v) is 3.13. The molecule has 0 amide bonds. The van der Waals surface area contributed by atoms with Crippen molar-refractivity contribution in [1.29, 1.82) is 0 Å². The fourth-order valence-electron chi connectivity index (χ4n) is 1.12. The van der Waals surface area contributed by atoms with Gasteiger partial charge < -0.3 is 5.32 Å². The van der Waals surface area contributed by atoms with E-state index >= 15 is 0 Å². The number of hydrogen-bond acceptors (Lipinski definition) is 4. The Bertz CT molecular complexity index is 261. The van der Waals surface area contributed by atoms with Crippen molar-refractivity contribution in [2.24, 2.45) is 7.05 Å². The maximum Gasteiger partial charge on any atom is 0.0964 e. The SMILES string of the molecule is CSC(C)CCNCc1cn(C)nn1. The highest BCUT2D eigenvalue weighted by molar-refractivity contribution is 7.99. The van der Waals surface area contributed by atoms with Gasteiger partial charge in [-0.05, 0) is 19.2 Å². The molecule has 0 aliphatic rings. The van der Waals surface area contributed by atoms with Crippen molar-refractivity contribution in [3.63, 3.8) is 0 Å². The summed E-state index contributed by atoms with van der Waals surface area (Å²) in [5.74, 6) is 0. The Morgan fingerprint density at radius 1 is 1.64 bits per heavy atom. The Hall–Kier alpha value is -0.550. The van der Waals surface area contributed by atoms with Crippen LogP contribution in [0, 0.1) is 0 Å². The Morgan fingerprint density at radius 3 is 3.00 bits per heavy atom. The van der Waals surface area contributed by atoms with E-state index in [0.29, 0.717) is 0 Å². The molecule has 0 radical (unpaired) electrons. The van der Waals surface area contributed by atoms with Gasteiger partial charge in [-0.15, -0.1) is 5.10 Å². The van der Waals surface area contributed by atoms with Gasteiger partial charge in [-0.3, -0.25) is 4.68 Å². The number of aromatic nitrogens is 3. The molecular weight excluding hydrogens is 196 g/mol. The Labute approximate surface area is 89.5 Å². The van der Waals surface area contributed by atoms with Crippen LogP contribution in [0.15, 0.2) is 6.20 Å². The second kappa shape index (κ2) is 6.03. The second-order valence-corrected chi connectivity index (χ2v) is 4.67. The van der Waals surface area contributed by atoms with Crippen LogP contribution in [0.2, 0.25) is 0 Å². The fourth-order valence-corrected chi connectivity index (χ4v) is 1.47. The number of nitrogens with zero attached hydrogens (tertiary/aromatic N) is 3. The lowest BCUT2D eigenvalue weighted by Crippen LogP contribution is -2.17. The molecule has 1 unspecified atom stereocenters. The van der Waals surface area contributed by atoms with E-state index in [9.17, 15) is 0 Å². The van der Waals surface area contributed by atoms with E-state index in [1.807, 2.05) is 25.0 Å². The average Bonchev–Trinajstić information content (AvgIpc) is 2.58. The van der Waals surface area contributed by atoms with Crippen LogP contribution in [0.4, 0.5) is 0 Å². The summed E-state index contributed by atoms with van der Waals surface area (Å²) < 4.78 is 1.72. The lowest BCUT2D eigenvalue weighted by molar-refractivity contribution is 0.637. The summed E-state index contributed by atoms with van der Waals surface area (Å²) in [6, 6.07) is 0. The van der Waals surface area contributed by atoms with Crippen LogP contribution >= 0.6 is 11.8 Å². The zero-order chi connectivity index (χ0) is 10.4. The standard InChI is InChI=1S/C9H18N4S/c1-8(14-3)4-5-10-6-9-7-13(2)12-11-9/h7-8,10H,4-6H2,1-3H3. The number of thioether (sulfide) groups is 1. The zero-order valence-electron chi connectivity index (χ0n) is 9.03. The molecule has 0 saturated heterocycles. The molecule has 0 aromatic carbocycles. The van der Waals surface area contributed by atoms with Crippen molar-refractivity contribution < 1.29 is 0 Å². The molecule has 80 valence electrons. The van der Waals surface area contributed by atoms with Gasteiger partial charge in [-0.25, -0.2) is 0 Å². The minimum atomic E-state index is 0.726. The van der Waals surface area contributed by atoms with E-state index in [4.69, 9.17) is 0 Å². The molecule has 1 aromatic heterocycles. The quantitative estimate of drug-likeness (QED) is 0.719. The molecule has 1 N–H and O–H groups in total. The molecule has 0 aliphatic carbocycles. The first-order chi connectivity index (χ1) is 6.72. The third kappa shape index (κ3) is 4.11. The van der Waals surface area contributed by atoms with Crippen LogP contribution in [0.5, 0.6) is 0 Å². The van der Waals surface area contributed by atoms with E-state index in [1.165, 1.54) is 6.42 Å². The summed E-state index contributed by atoms with van der Waals surface area (Å²) in [6.45, 7) is 4.10. The van der Waals surface area contributed by atoms with E-state index in [1.54, 1.807) is 4.68 Å². The third-order valence-electron chi connectivity index (χ3n) is 2.09. The van der Waals surface area contributed by atoms with E-state index in [2.05, 4.69) is 28.8 Å². The van der Waals surface area contributed by atoms with Gasteiger partial charge in [-0.1, -0.05) is 12.1 Å². The molecule has 1 heterocycles. The summed E-state index contributed by atoms with van der Waals surface area (Å²) in [5.41, 5.74) is 1.00. The van der Waals surface area contributed by atoms with Gasteiger partial charge in [0.25, 0.3) is 0 Å². The molecule has 1 aromatic rings. The van der Waals surface area contributed by atoms with Gasteiger partial charge in [0, 0.05) is 25.0 Å². The van der Waals surface area contributed by atoms with Crippen molar-refractivity contribution in [3.8, 4) is 0 Å². The predicted molar refractivity (Wildman–Crippen MR) is 60.3 cm³/mol. The summed E-state index contributed by atoms with van der Waals surface area (Å²) in [4.78, 5) is 0. The first kappa shape index (κ1) is 11.5. The minimum Gasteiger partial charge on any atom is -0.311 e. The van der Waals surface area contributed by atoms with Crippen molar-refractivity contribution in [2.75, 3.05) is 12.8 Å². The molecule has 14 heavy (non-hydrogen) atoms. The van der Waals surface area contributed by atoms with Gasteiger partial charge >= 0.3 is 0 Å². The summed E-state index contributed by atoms with van der Waals surface area (Å²) in [7, 11) is 1.88. The molecule has 0 aliphatic heterocycles. The first-order valence-corrected chi connectivity index (χ1v) is 6.10. The number of hydrogen-bond donors (Lipinski definition) is 1. The predicted octanol–water partition coefficient (Wildman–Crippen LogP) is 1.05. The molecule has 1 rings (SSSR count). The van der Waals surface area contributed by atoms with Crippen molar-refractivity contribution in [1.82, 2.24) is 20.3 Å². The zero-order valence-corrected chi connectivity index (χ0v) is 9.84. The van der Waals surface area contributed by atoms with Gasteiger partial charge in [0.2, 0.25) is 0 Å². The maximum absolute atomic E-state index is 4.00. The van der Waals surface area contributed by atoms with Gasteiger partial charge in [0.05, 0.1) is 5.69 Å². The van der Waals surface area contributed by atoms with E-state index < -0.39 is 0 Å². The molecule has 0 saturated carbocycles. The van der Waals surface area contributed by atoms with Gasteiger partial charge in [0.1, 0.15) is 0 Å². The molecule has 4 nitrogen and oxygen atoms in total. The van der Waals surface area contributed by atoms with Crippen molar-refractivity contribution in [3.05, 3.63) is 11.9 Å². The number of rotatable bonds is 6. The highest BCUT2D eigenvalue weighted by atomic mass is 32.2. The Morgan fingerprint density at radius 2 is 2.43 bits per heavy atom. The number of nitrogens with one attached hydrogen (secondary N) is 1. The lowest BCUT2D eigenvalue weighted by Gasteiger charge is -2.07. The highest BCUT2D eigenvalue weighted by Crippen LogP contribution is 2.07.